The fourth-order valence-corrected chi connectivity index (χ4v) is 5.15. The molecule has 1 aromatic rings. The molecule has 1 aromatic carbocycles. The first-order chi connectivity index (χ1) is 11.9. The van der Waals surface area contributed by atoms with Gasteiger partial charge < -0.3 is 4.43 Å². The number of rotatable bonds is 7. The first kappa shape index (κ1) is 21.6. The fraction of sp³-hybridized carbons (Fsp3) is 0.700. The highest BCUT2D eigenvalue weighted by Gasteiger charge is 2.36. The van der Waals surface area contributed by atoms with Gasteiger partial charge in [0.25, 0.3) is 10.1 Å². The largest absolute Gasteiger partial charge is 0.416 e. The van der Waals surface area contributed by atoms with E-state index in [4.69, 9.17) is 8.61 Å². The summed E-state index contributed by atoms with van der Waals surface area (Å²) >= 11 is 0. The zero-order valence-electron chi connectivity index (χ0n) is 17.1. The highest BCUT2D eigenvalue weighted by Crippen LogP contribution is 2.36. The minimum atomic E-state index is -3.69. The number of hydrogen-bond acceptors (Lipinski definition) is 4. The van der Waals surface area contributed by atoms with Crippen molar-refractivity contribution in [2.24, 2.45) is 0 Å². The Kier molecular flexibility index (Phi) is 6.75. The molecular formula is C20H34O4SSi. The van der Waals surface area contributed by atoms with Gasteiger partial charge in [-0.1, -0.05) is 39.7 Å². The number of benzene rings is 1. The van der Waals surface area contributed by atoms with Gasteiger partial charge in [-0.05, 0) is 67.6 Å². The second kappa shape index (κ2) is 8.13. The minimum absolute atomic E-state index is 0.160. The van der Waals surface area contributed by atoms with E-state index in [9.17, 15) is 8.42 Å². The van der Waals surface area contributed by atoms with Crippen molar-refractivity contribution in [3.8, 4) is 0 Å². The molecule has 1 saturated carbocycles. The third kappa shape index (κ3) is 5.41. The van der Waals surface area contributed by atoms with Gasteiger partial charge in [-0.25, -0.2) is 0 Å². The van der Waals surface area contributed by atoms with Crippen LogP contribution >= 0.6 is 0 Å². The Bertz CT molecular complexity index is 714. The van der Waals surface area contributed by atoms with Crippen LogP contribution in [0.25, 0.3) is 0 Å². The van der Waals surface area contributed by atoms with E-state index in [-0.39, 0.29) is 16.0 Å². The monoisotopic (exact) mass is 398 g/mol. The van der Waals surface area contributed by atoms with Crippen LogP contribution in [0.3, 0.4) is 0 Å². The van der Waals surface area contributed by atoms with Crippen LogP contribution < -0.4 is 0 Å². The zero-order valence-corrected chi connectivity index (χ0v) is 18.9. The maximum absolute atomic E-state index is 12.6. The molecule has 0 radical (unpaired) electrons. The van der Waals surface area contributed by atoms with Crippen molar-refractivity contribution in [1.29, 1.82) is 0 Å². The molecule has 26 heavy (non-hydrogen) atoms. The molecule has 6 heteroatoms. The topological polar surface area (TPSA) is 52.6 Å². The molecule has 1 aliphatic rings. The standard InChI is InChI=1S/C20H34O4SSi/c1-16-11-12-19(25(21,22)24-18-9-7-8-10-18)15-17(16)13-14-23-26(5,6)20(2,3)4/h11-12,15,18H,7-10,13-14H2,1-6H3. The van der Waals surface area contributed by atoms with Gasteiger partial charge in [0, 0.05) is 6.61 Å². The predicted molar refractivity (Wildman–Crippen MR) is 109 cm³/mol. The molecule has 0 amide bonds. The first-order valence-electron chi connectivity index (χ1n) is 9.59. The summed E-state index contributed by atoms with van der Waals surface area (Å²) in [6.07, 6.45) is 4.31. The van der Waals surface area contributed by atoms with Crippen molar-refractivity contribution in [2.75, 3.05) is 6.61 Å². The van der Waals surface area contributed by atoms with E-state index in [0.717, 1.165) is 36.8 Å². The molecule has 0 aliphatic heterocycles. The SMILES string of the molecule is Cc1ccc(S(=O)(=O)OC2CCCC2)cc1CCO[Si](C)(C)C(C)(C)C. The van der Waals surface area contributed by atoms with E-state index in [1.807, 2.05) is 13.0 Å². The Morgan fingerprint density at radius 1 is 1.15 bits per heavy atom. The van der Waals surface area contributed by atoms with Crippen LogP contribution in [-0.2, 0) is 25.1 Å². The van der Waals surface area contributed by atoms with Gasteiger partial charge in [0.2, 0.25) is 0 Å². The van der Waals surface area contributed by atoms with E-state index in [1.54, 1.807) is 12.1 Å². The third-order valence-corrected chi connectivity index (χ3v) is 11.7. The van der Waals surface area contributed by atoms with Crippen LogP contribution in [0.1, 0.15) is 57.6 Å². The molecule has 1 fully saturated rings. The van der Waals surface area contributed by atoms with Crippen LogP contribution in [0, 0.1) is 6.92 Å². The van der Waals surface area contributed by atoms with E-state index >= 15 is 0 Å². The van der Waals surface area contributed by atoms with Gasteiger partial charge >= 0.3 is 0 Å². The molecule has 0 atom stereocenters. The summed E-state index contributed by atoms with van der Waals surface area (Å²) in [5.41, 5.74) is 2.10. The van der Waals surface area contributed by atoms with E-state index in [2.05, 4.69) is 33.9 Å². The first-order valence-corrected chi connectivity index (χ1v) is 13.9. The van der Waals surface area contributed by atoms with Crippen LogP contribution in [-0.4, -0.2) is 29.4 Å². The summed E-state index contributed by atoms with van der Waals surface area (Å²) in [5, 5.41) is 0.169. The lowest BCUT2D eigenvalue weighted by Crippen LogP contribution is -2.41. The van der Waals surface area contributed by atoms with E-state index in [1.165, 1.54) is 0 Å². The fourth-order valence-electron chi connectivity index (χ4n) is 2.92. The van der Waals surface area contributed by atoms with Crippen molar-refractivity contribution in [2.45, 2.75) is 88.9 Å². The van der Waals surface area contributed by atoms with E-state index < -0.39 is 18.4 Å². The van der Waals surface area contributed by atoms with Gasteiger partial charge in [-0.3, -0.25) is 4.18 Å². The van der Waals surface area contributed by atoms with Crippen LogP contribution in [0.4, 0.5) is 0 Å². The van der Waals surface area contributed by atoms with Crippen molar-refractivity contribution in [3.05, 3.63) is 29.3 Å². The smallest absolute Gasteiger partial charge is 0.297 e. The van der Waals surface area contributed by atoms with Crippen LogP contribution in [0.5, 0.6) is 0 Å². The molecular weight excluding hydrogens is 364 g/mol. The van der Waals surface area contributed by atoms with Crippen molar-refractivity contribution in [1.82, 2.24) is 0 Å². The average Bonchev–Trinajstić information content (AvgIpc) is 2.99. The number of aryl methyl sites for hydroxylation is 1. The minimum Gasteiger partial charge on any atom is -0.416 e. The van der Waals surface area contributed by atoms with Crippen molar-refractivity contribution >= 4 is 18.4 Å². The molecule has 0 bridgehead atoms. The Morgan fingerprint density at radius 3 is 2.35 bits per heavy atom. The maximum atomic E-state index is 12.6. The van der Waals surface area contributed by atoms with Crippen molar-refractivity contribution in [3.63, 3.8) is 0 Å². The van der Waals surface area contributed by atoms with Gasteiger partial charge in [-0.2, -0.15) is 8.42 Å². The number of hydrogen-bond donors (Lipinski definition) is 0. The summed E-state index contributed by atoms with van der Waals surface area (Å²) in [6, 6.07) is 5.28. The summed E-state index contributed by atoms with van der Waals surface area (Å²) in [5.74, 6) is 0. The summed E-state index contributed by atoms with van der Waals surface area (Å²) in [7, 11) is -5.49. The van der Waals surface area contributed by atoms with Crippen LogP contribution in [0.2, 0.25) is 18.1 Å². The summed E-state index contributed by atoms with van der Waals surface area (Å²) in [6.45, 7) is 13.8. The second-order valence-corrected chi connectivity index (χ2v) is 15.3. The van der Waals surface area contributed by atoms with Gasteiger partial charge in [-0.15, -0.1) is 0 Å². The lowest BCUT2D eigenvalue weighted by molar-refractivity contribution is 0.217. The zero-order chi connectivity index (χ0) is 19.6. The quantitative estimate of drug-likeness (QED) is 0.467. The molecule has 148 valence electrons. The Hall–Kier alpha value is -0.693. The van der Waals surface area contributed by atoms with Crippen molar-refractivity contribution < 1.29 is 17.0 Å². The molecule has 2 rings (SSSR count). The highest BCUT2D eigenvalue weighted by atomic mass is 32.2. The summed E-state index contributed by atoms with van der Waals surface area (Å²) < 4.78 is 36.8. The Labute approximate surface area is 160 Å². The van der Waals surface area contributed by atoms with Gasteiger partial charge in [0.05, 0.1) is 11.0 Å². The molecule has 0 aromatic heterocycles. The maximum Gasteiger partial charge on any atom is 0.297 e. The lowest BCUT2D eigenvalue weighted by atomic mass is 10.1. The van der Waals surface area contributed by atoms with E-state index in [0.29, 0.717) is 13.0 Å². The molecule has 0 saturated heterocycles. The molecule has 0 N–H and O–H groups in total. The molecule has 1 aliphatic carbocycles. The molecule has 4 nitrogen and oxygen atoms in total. The Balaban J connectivity index is 2.07. The summed E-state index contributed by atoms with van der Waals surface area (Å²) in [4.78, 5) is 0.261. The average molecular weight is 399 g/mol. The molecule has 0 unspecified atom stereocenters. The van der Waals surface area contributed by atoms with Gasteiger partial charge in [0.1, 0.15) is 0 Å². The molecule has 0 heterocycles. The second-order valence-electron chi connectivity index (χ2n) is 8.90. The third-order valence-electron chi connectivity index (χ3n) is 5.81. The van der Waals surface area contributed by atoms with Crippen LogP contribution in [0.15, 0.2) is 23.1 Å². The lowest BCUT2D eigenvalue weighted by Gasteiger charge is -2.36. The van der Waals surface area contributed by atoms with Gasteiger partial charge in [0.15, 0.2) is 8.32 Å². The predicted octanol–water partition coefficient (Wildman–Crippen LogP) is 5.21. The Morgan fingerprint density at radius 2 is 1.77 bits per heavy atom. The normalized spacial score (nSPS) is 17.0. The highest BCUT2D eigenvalue weighted by molar-refractivity contribution is 7.86. The molecule has 0 spiro atoms.